The Balaban J connectivity index is 2.64. The van der Waals surface area contributed by atoms with Gasteiger partial charge in [0, 0.05) is 12.6 Å². The van der Waals surface area contributed by atoms with E-state index in [4.69, 9.17) is 5.84 Å². The van der Waals surface area contributed by atoms with Gasteiger partial charge >= 0.3 is 0 Å². The molecule has 5 heteroatoms. The predicted molar refractivity (Wildman–Crippen MR) is 62.5 cm³/mol. The Morgan fingerprint density at radius 2 is 2.07 bits per heavy atom. The number of aryl methyl sites for hydroxylation is 1. The monoisotopic (exact) mass is 209 g/mol. The summed E-state index contributed by atoms with van der Waals surface area (Å²) < 4.78 is 0. The quantitative estimate of drug-likeness (QED) is 0.506. The number of nitrogen functional groups attached to an aromatic ring is 1. The molecular formula is C10H19N5. The van der Waals surface area contributed by atoms with E-state index in [1.807, 2.05) is 6.92 Å². The molecule has 15 heavy (non-hydrogen) atoms. The number of nitrogens with zero attached hydrogens (tertiary/aromatic N) is 2. The third kappa shape index (κ3) is 3.71. The van der Waals surface area contributed by atoms with Crippen LogP contribution in [0.5, 0.6) is 0 Å². The standard InChI is InChI=1S/C10H19N5/c1-4-7(2)6-12-9-5-10(15-11)14-8(3)13-9/h5,7H,4,6,11H2,1-3H3,(H2,12,13,14,15). The van der Waals surface area contributed by atoms with E-state index >= 15 is 0 Å². The average molecular weight is 209 g/mol. The van der Waals surface area contributed by atoms with E-state index in [9.17, 15) is 0 Å². The summed E-state index contributed by atoms with van der Waals surface area (Å²) in [5.74, 6) is 8.09. The van der Waals surface area contributed by atoms with Crippen LogP contribution < -0.4 is 16.6 Å². The summed E-state index contributed by atoms with van der Waals surface area (Å²) in [5, 5.41) is 3.26. The van der Waals surface area contributed by atoms with Gasteiger partial charge in [-0.25, -0.2) is 15.8 Å². The molecule has 0 spiro atoms. The van der Waals surface area contributed by atoms with Crippen molar-refractivity contribution in [2.24, 2.45) is 11.8 Å². The predicted octanol–water partition coefficient (Wildman–Crippen LogP) is 1.53. The molecule has 0 saturated carbocycles. The first-order valence-corrected chi connectivity index (χ1v) is 5.21. The van der Waals surface area contributed by atoms with Crippen LogP contribution in [0.3, 0.4) is 0 Å². The normalized spacial score (nSPS) is 12.3. The first kappa shape index (κ1) is 11.7. The van der Waals surface area contributed by atoms with Crippen molar-refractivity contribution in [1.29, 1.82) is 0 Å². The van der Waals surface area contributed by atoms with Crippen LogP contribution in [-0.4, -0.2) is 16.5 Å². The van der Waals surface area contributed by atoms with Gasteiger partial charge in [0.2, 0.25) is 0 Å². The molecule has 1 heterocycles. The number of hydrogen-bond donors (Lipinski definition) is 3. The van der Waals surface area contributed by atoms with Crippen molar-refractivity contribution >= 4 is 11.6 Å². The van der Waals surface area contributed by atoms with Crippen LogP contribution in [0.15, 0.2) is 6.07 Å². The van der Waals surface area contributed by atoms with Gasteiger partial charge in [-0.3, -0.25) is 0 Å². The van der Waals surface area contributed by atoms with Crippen molar-refractivity contribution in [2.75, 3.05) is 17.3 Å². The fourth-order valence-electron chi connectivity index (χ4n) is 1.16. The highest BCUT2D eigenvalue weighted by Gasteiger charge is 2.02. The van der Waals surface area contributed by atoms with Crippen LogP contribution in [0.1, 0.15) is 26.1 Å². The van der Waals surface area contributed by atoms with Crippen LogP contribution in [0.4, 0.5) is 11.6 Å². The highest BCUT2D eigenvalue weighted by Crippen LogP contribution is 2.11. The molecule has 1 aromatic rings. The van der Waals surface area contributed by atoms with Crippen molar-refractivity contribution in [1.82, 2.24) is 9.97 Å². The Morgan fingerprint density at radius 3 is 2.67 bits per heavy atom. The SMILES string of the molecule is CCC(C)CNc1cc(NN)nc(C)n1. The number of nitrogens with one attached hydrogen (secondary N) is 2. The molecule has 1 aromatic heterocycles. The summed E-state index contributed by atoms with van der Waals surface area (Å²) in [4.78, 5) is 8.38. The summed E-state index contributed by atoms with van der Waals surface area (Å²) in [6.07, 6.45) is 1.15. The van der Waals surface area contributed by atoms with Gasteiger partial charge in [-0.15, -0.1) is 0 Å². The van der Waals surface area contributed by atoms with E-state index in [1.165, 1.54) is 0 Å². The van der Waals surface area contributed by atoms with Gasteiger partial charge < -0.3 is 10.7 Å². The molecule has 5 nitrogen and oxygen atoms in total. The third-order valence-corrected chi connectivity index (χ3v) is 2.31. The van der Waals surface area contributed by atoms with Crippen LogP contribution in [0.2, 0.25) is 0 Å². The zero-order valence-corrected chi connectivity index (χ0v) is 9.54. The van der Waals surface area contributed by atoms with Crippen molar-refractivity contribution in [3.63, 3.8) is 0 Å². The smallest absolute Gasteiger partial charge is 0.145 e. The Kier molecular flexibility index (Phi) is 4.30. The lowest BCUT2D eigenvalue weighted by molar-refractivity contribution is 0.592. The van der Waals surface area contributed by atoms with Gasteiger partial charge in [0.1, 0.15) is 17.5 Å². The summed E-state index contributed by atoms with van der Waals surface area (Å²) >= 11 is 0. The van der Waals surface area contributed by atoms with Gasteiger partial charge in [0.15, 0.2) is 0 Å². The van der Waals surface area contributed by atoms with Crippen molar-refractivity contribution in [2.45, 2.75) is 27.2 Å². The van der Waals surface area contributed by atoms with Gasteiger partial charge in [-0.05, 0) is 12.8 Å². The summed E-state index contributed by atoms with van der Waals surface area (Å²) in [7, 11) is 0. The number of hydrogen-bond acceptors (Lipinski definition) is 5. The molecule has 0 bridgehead atoms. The second kappa shape index (κ2) is 5.50. The average Bonchev–Trinajstić information content (AvgIpc) is 2.25. The largest absolute Gasteiger partial charge is 0.370 e. The molecule has 0 fully saturated rings. The Labute approximate surface area is 90.5 Å². The highest BCUT2D eigenvalue weighted by atomic mass is 15.3. The van der Waals surface area contributed by atoms with Crippen molar-refractivity contribution in [3.05, 3.63) is 11.9 Å². The fourth-order valence-corrected chi connectivity index (χ4v) is 1.16. The van der Waals surface area contributed by atoms with Crippen molar-refractivity contribution in [3.8, 4) is 0 Å². The minimum atomic E-state index is 0.633. The maximum Gasteiger partial charge on any atom is 0.145 e. The van der Waals surface area contributed by atoms with E-state index in [0.29, 0.717) is 17.6 Å². The minimum absolute atomic E-state index is 0.633. The molecule has 0 radical (unpaired) electrons. The third-order valence-electron chi connectivity index (χ3n) is 2.31. The van der Waals surface area contributed by atoms with Gasteiger partial charge in [-0.2, -0.15) is 0 Å². The molecular weight excluding hydrogens is 190 g/mol. The van der Waals surface area contributed by atoms with E-state index in [1.54, 1.807) is 6.07 Å². The lowest BCUT2D eigenvalue weighted by atomic mass is 10.1. The number of anilines is 2. The topological polar surface area (TPSA) is 75.9 Å². The molecule has 1 rings (SSSR count). The summed E-state index contributed by atoms with van der Waals surface area (Å²) in [6.45, 7) is 7.12. The van der Waals surface area contributed by atoms with Gasteiger partial charge in [0.25, 0.3) is 0 Å². The maximum absolute atomic E-state index is 5.30. The summed E-state index contributed by atoms with van der Waals surface area (Å²) in [6, 6.07) is 1.80. The van der Waals surface area contributed by atoms with Gasteiger partial charge in [0.05, 0.1) is 0 Å². The highest BCUT2D eigenvalue weighted by molar-refractivity contribution is 5.46. The Bertz CT molecular complexity index is 313. The number of rotatable bonds is 5. The lowest BCUT2D eigenvalue weighted by Crippen LogP contribution is -2.14. The minimum Gasteiger partial charge on any atom is -0.370 e. The van der Waals surface area contributed by atoms with Crippen LogP contribution >= 0.6 is 0 Å². The maximum atomic E-state index is 5.30. The molecule has 0 aliphatic carbocycles. The first-order valence-electron chi connectivity index (χ1n) is 5.21. The summed E-state index contributed by atoms with van der Waals surface area (Å²) in [5.41, 5.74) is 2.52. The fraction of sp³-hybridized carbons (Fsp3) is 0.600. The molecule has 0 amide bonds. The zero-order chi connectivity index (χ0) is 11.3. The van der Waals surface area contributed by atoms with E-state index < -0.39 is 0 Å². The molecule has 0 saturated heterocycles. The second-order valence-electron chi connectivity index (χ2n) is 3.72. The van der Waals surface area contributed by atoms with Crippen LogP contribution in [0.25, 0.3) is 0 Å². The molecule has 0 aliphatic rings. The lowest BCUT2D eigenvalue weighted by Gasteiger charge is -2.11. The second-order valence-corrected chi connectivity index (χ2v) is 3.72. The van der Waals surface area contributed by atoms with Crippen molar-refractivity contribution < 1.29 is 0 Å². The number of nitrogens with two attached hydrogens (primary N) is 1. The first-order chi connectivity index (χ1) is 7.15. The molecule has 1 unspecified atom stereocenters. The zero-order valence-electron chi connectivity index (χ0n) is 9.54. The molecule has 4 N–H and O–H groups in total. The van der Waals surface area contributed by atoms with E-state index in [0.717, 1.165) is 18.8 Å². The molecule has 0 aromatic carbocycles. The number of aromatic nitrogens is 2. The molecule has 84 valence electrons. The van der Waals surface area contributed by atoms with Gasteiger partial charge in [-0.1, -0.05) is 20.3 Å². The molecule has 0 aliphatic heterocycles. The van der Waals surface area contributed by atoms with Crippen LogP contribution in [-0.2, 0) is 0 Å². The van der Waals surface area contributed by atoms with E-state index in [-0.39, 0.29) is 0 Å². The molecule has 1 atom stereocenters. The number of hydrazine groups is 1. The van der Waals surface area contributed by atoms with Crippen LogP contribution in [0, 0.1) is 12.8 Å². The Morgan fingerprint density at radius 1 is 1.40 bits per heavy atom. The van der Waals surface area contributed by atoms with E-state index in [2.05, 4.69) is 34.6 Å². The Hall–Kier alpha value is -1.36.